The first kappa shape index (κ1) is 7.84. The lowest BCUT2D eigenvalue weighted by Gasteiger charge is -2.44. The van der Waals surface area contributed by atoms with E-state index in [-0.39, 0.29) is 17.9 Å². The average Bonchev–Trinajstić information content (AvgIpc) is 1.82. The molecule has 0 spiro atoms. The van der Waals surface area contributed by atoms with Crippen LogP contribution in [0.25, 0.3) is 0 Å². The zero-order valence-corrected chi connectivity index (χ0v) is 6.24. The van der Waals surface area contributed by atoms with Crippen LogP contribution in [0.4, 0.5) is 0 Å². The summed E-state index contributed by atoms with van der Waals surface area (Å²) in [4.78, 5) is 12.0. The van der Waals surface area contributed by atoms with Gasteiger partial charge in [-0.1, -0.05) is 0 Å². The summed E-state index contributed by atoms with van der Waals surface area (Å²) in [6.07, 6.45) is 0. The molecule has 1 aliphatic rings. The Morgan fingerprint density at radius 2 is 2.36 bits per heavy atom. The van der Waals surface area contributed by atoms with E-state index in [1.807, 2.05) is 0 Å². The summed E-state index contributed by atoms with van der Waals surface area (Å²) in [7, 11) is 0. The Kier molecular flexibility index (Phi) is 1.72. The maximum Gasteiger partial charge on any atom is 0.310 e. The number of carbonyl (C=O) groups is 1. The maximum absolute atomic E-state index is 10.4. The normalized spacial score (nSPS) is 29.4. The van der Waals surface area contributed by atoms with Crippen molar-refractivity contribution in [1.82, 2.24) is 4.90 Å². The van der Waals surface area contributed by atoms with Crippen LogP contribution < -0.4 is 5.73 Å². The van der Waals surface area contributed by atoms with Crippen LogP contribution >= 0.6 is 0 Å². The Morgan fingerprint density at radius 1 is 1.82 bits per heavy atom. The van der Waals surface area contributed by atoms with Crippen LogP contribution in [0.2, 0.25) is 0 Å². The number of rotatable bonds is 1. The summed E-state index contributed by atoms with van der Waals surface area (Å²) in [5.74, 6) is -1.22. The van der Waals surface area contributed by atoms with Crippen molar-refractivity contribution in [3.63, 3.8) is 0 Å². The predicted octanol–water partition coefficient (Wildman–Crippen LogP) is -0.715. The van der Waals surface area contributed by atoms with E-state index < -0.39 is 5.97 Å². The number of hydrogen-bond donors (Lipinski definition) is 3. The number of aliphatic carboxylic acids is 1. The lowest BCUT2D eigenvalue weighted by atomic mass is 9.90. The summed E-state index contributed by atoms with van der Waals surface area (Å²) in [5.41, 5.74) is 5.17. The van der Waals surface area contributed by atoms with Gasteiger partial charge in [-0.05, 0) is 6.92 Å². The van der Waals surface area contributed by atoms with E-state index in [1.165, 1.54) is 0 Å². The summed E-state index contributed by atoms with van der Waals surface area (Å²) >= 11 is 0. The third kappa shape index (κ3) is 1.13. The number of nitrogens with zero attached hydrogens (tertiary/aromatic N) is 1. The van der Waals surface area contributed by atoms with E-state index in [1.54, 1.807) is 11.8 Å². The molecule has 62 valence electrons. The lowest BCUT2D eigenvalue weighted by molar-refractivity contribution is -0.148. The molecule has 4 N–H and O–H groups in total. The number of nitrogens with one attached hydrogen (secondary N) is 1. The molecule has 1 heterocycles. The van der Waals surface area contributed by atoms with E-state index in [0.717, 1.165) is 0 Å². The highest BCUT2D eigenvalue weighted by molar-refractivity contribution is 5.80. The smallest absolute Gasteiger partial charge is 0.310 e. The molecule has 0 saturated carbocycles. The van der Waals surface area contributed by atoms with E-state index in [2.05, 4.69) is 0 Å². The van der Waals surface area contributed by atoms with Gasteiger partial charge in [-0.25, -0.2) is 0 Å². The molecular weight excluding hydrogens is 146 g/mol. The van der Waals surface area contributed by atoms with Crippen molar-refractivity contribution in [2.24, 2.45) is 11.7 Å². The fourth-order valence-electron chi connectivity index (χ4n) is 1.21. The van der Waals surface area contributed by atoms with Gasteiger partial charge in [0.2, 0.25) is 0 Å². The molecule has 0 aromatic heterocycles. The molecule has 0 aliphatic carbocycles. The fourth-order valence-corrected chi connectivity index (χ4v) is 1.21. The monoisotopic (exact) mass is 157 g/mol. The van der Waals surface area contributed by atoms with Crippen LogP contribution in [0, 0.1) is 11.3 Å². The first-order valence-corrected chi connectivity index (χ1v) is 3.37. The lowest BCUT2D eigenvalue weighted by Crippen LogP contribution is -2.61. The summed E-state index contributed by atoms with van der Waals surface area (Å²) in [5, 5.41) is 15.6. The second-order valence-corrected chi connectivity index (χ2v) is 2.72. The van der Waals surface area contributed by atoms with Crippen molar-refractivity contribution >= 4 is 11.9 Å². The number of nitrogens with two attached hydrogens (primary N) is 1. The van der Waals surface area contributed by atoms with E-state index in [4.69, 9.17) is 16.2 Å². The van der Waals surface area contributed by atoms with Crippen molar-refractivity contribution in [2.45, 2.75) is 13.0 Å². The Labute approximate surface area is 64.3 Å². The van der Waals surface area contributed by atoms with E-state index >= 15 is 0 Å². The third-order valence-corrected chi connectivity index (χ3v) is 2.09. The number of likely N-dealkylation sites (tertiary alicyclic amines) is 1. The molecule has 0 bridgehead atoms. The molecule has 11 heavy (non-hydrogen) atoms. The summed E-state index contributed by atoms with van der Waals surface area (Å²) in [6.45, 7) is 2.12. The maximum atomic E-state index is 10.4. The van der Waals surface area contributed by atoms with Gasteiger partial charge >= 0.3 is 5.97 Å². The van der Waals surface area contributed by atoms with Gasteiger partial charge in [0, 0.05) is 12.6 Å². The van der Waals surface area contributed by atoms with Crippen molar-refractivity contribution in [2.75, 3.05) is 6.54 Å². The van der Waals surface area contributed by atoms with Crippen molar-refractivity contribution in [3.8, 4) is 0 Å². The molecule has 1 fully saturated rings. The molecule has 2 atom stereocenters. The van der Waals surface area contributed by atoms with Crippen LogP contribution in [0.5, 0.6) is 0 Å². The van der Waals surface area contributed by atoms with Gasteiger partial charge < -0.3 is 15.7 Å². The zero-order valence-electron chi connectivity index (χ0n) is 6.24. The highest BCUT2D eigenvalue weighted by Crippen LogP contribution is 2.23. The fraction of sp³-hybridized carbons (Fsp3) is 0.667. The molecule has 0 aromatic carbocycles. The molecule has 5 nitrogen and oxygen atoms in total. The summed E-state index contributed by atoms with van der Waals surface area (Å²) < 4.78 is 0. The van der Waals surface area contributed by atoms with E-state index in [0.29, 0.717) is 6.54 Å². The van der Waals surface area contributed by atoms with Crippen LogP contribution in [0.1, 0.15) is 6.92 Å². The number of guanidine groups is 1. The average molecular weight is 157 g/mol. The second-order valence-electron chi connectivity index (χ2n) is 2.72. The van der Waals surface area contributed by atoms with Gasteiger partial charge in [-0.15, -0.1) is 0 Å². The largest absolute Gasteiger partial charge is 0.481 e. The second kappa shape index (κ2) is 2.41. The number of hydrogen-bond acceptors (Lipinski definition) is 2. The Balaban J connectivity index is 2.50. The van der Waals surface area contributed by atoms with Crippen LogP contribution in [-0.2, 0) is 4.79 Å². The molecule has 0 unspecified atom stereocenters. The molecule has 1 rings (SSSR count). The van der Waals surface area contributed by atoms with Gasteiger partial charge in [0.05, 0.1) is 5.92 Å². The number of carboxylic acid groups (broad SMARTS) is 1. The molecule has 1 saturated heterocycles. The minimum absolute atomic E-state index is 0.0463. The first-order valence-electron chi connectivity index (χ1n) is 3.37. The Hall–Kier alpha value is -1.26. The highest BCUT2D eigenvalue weighted by Gasteiger charge is 2.41. The standard InChI is InChI=1S/C6H11N3O2/c1-3-4(5(10)11)2-9(3)6(7)8/h3-4H,2H2,1H3,(H3,7,8)(H,10,11)/t3-,4+/m1/s1. The van der Waals surface area contributed by atoms with Crippen molar-refractivity contribution in [3.05, 3.63) is 0 Å². The summed E-state index contributed by atoms with van der Waals surface area (Å²) in [6, 6.07) is -0.134. The molecule has 1 aliphatic heterocycles. The minimum Gasteiger partial charge on any atom is -0.481 e. The van der Waals surface area contributed by atoms with E-state index in [9.17, 15) is 4.79 Å². The van der Waals surface area contributed by atoms with Crippen molar-refractivity contribution < 1.29 is 9.90 Å². The zero-order chi connectivity index (χ0) is 8.59. The highest BCUT2D eigenvalue weighted by atomic mass is 16.4. The molecule has 5 heteroatoms. The minimum atomic E-state index is -0.810. The van der Waals surface area contributed by atoms with Gasteiger partial charge in [-0.3, -0.25) is 10.2 Å². The van der Waals surface area contributed by atoms with Crippen molar-refractivity contribution in [1.29, 1.82) is 5.41 Å². The van der Waals surface area contributed by atoms with Crippen LogP contribution in [-0.4, -0.2) is 34.5 Å². The predicted molar refractivity (Wildman–Crippen MR) is 39.2 cm³/mol. The Morgan fingerprint density at radius 3 is 2.64 bits per heavy atom. The molecule has 0 aromatic rings. The molecule has 0 amide bonds. The van der Waals surface area contributed by atoms with Crippen LogP contribution in [0.3, 0.4) is 0 Å². The van der Waals surface area contributed by atoms with Gasteiger partial charge in [0.15, 0.2) is 5.96 Å². The Bertz CT molecular complexity index is 184. The molecule has 0 radical (unpaired) electrons. The number of carboxylic acids is 1. The first-order chi connectivity index (χ1) is 5.04. The third-order valence-electron chi connectivity index (χ3n) is 2.09. The van der Waals surface area contributed by atoms with Crippen LogP contribution in [0.15, 0.2) is 0 Å². The quantitative estimate of drug-likeness (QED) is 0.346. The topological polar surface area (TPSA) is 90.4 Å². The van der Waals surface area contributed by atoms with Gasteiger partial charge in [0.25, 0.3) is 0 Å². The van der Waals surface area contributed by atoms with Gasteiger partial charge in [-0.2, -0.15) is 0 Å². The van der Waals surface area contributed by atoms with Gasteiger partial charge in [0.1, 0.15) is 0 Å². The SMILES string of the molecule is C[C@@H]1[C@@H](C(=O)O)CN1C(=N)N. The molecular formula is C6H11N3O2.